The minimum Gasteiger partial charge on any atom is -0.507 e. The number of phenols is 1. The zero-order valence-electron chi connectivity index (χ0n) is 10.6. The van der Waals surface area contributed by atoms with Gasteiger partial charge in [-0.2, -0.15) is 0 Å². The zero-order chi connectivity index (χ0) is 13.8. The van der Waals surface area contributed by atoms with E-state index >= 15 is 0 Å². The van der Waals surface area contributed by atoms with Crippen molar-refractivity contribution in [1.82, 2.24) is 0 Å². The average Bonchev–Trinajstić information content (AvgIpc) is 2.46. The number of aromatic hydroxyl groups is 1. The maximum absolute atomic E-state index is 12.2. The highest BCUT2D eigenvalue weighted by Gasteiger charge is 2.15. The molecular weight excluding hydrogens is 240 g/mol. The van der Waals surface area contributed by atoms with Crippen molar-refractivity contribution in [3.8, 4) is 5.75 Å². The van der Waals surface area contributed by atoms with Crippen LogP contribution in [0.4, 0.5) is 0 Å². The molecule has 2 aromatic rings. The Hall–Kier alpha value is -2.42. The van der Waals surface area contributed by atoms with Gasteiger partial charge in [0.2, 0.25) is 0 Å². The summed E-state index contributed by atoms with van der Waals surface area (Å²) in [6.07, 6.45) is 0.366. The Morgan fingerprint density at radius 2 is 1.68 bits per heavy atom. The fourth-order valence-corrected chi connectivity index (χ4v) is 1.85. The molecule has 0 fully saturated rings. The number of carbonyl (C=O) groups is 2. The van der Waals surface area contributed by atoms with Crippen LogP contribution in [-0.2, 0) is 0 Å². The van der Waals surface area contributed by atoms with Crippen molar-refractivity contribution in [1.29, 1.82) is 0 Å². The molecule has 0 bridgehead atoms. The first kappa shape index (κ1) is 13.0. The topological polar surface area (TPSA) is 54.4 Å². The van der Waals surface area contributed by atoms with Crippen LogP contribution in [0.15, 0.2) is 48.5 Å². The van der Waals surface area contributed by atoms with Gasteiger partial charge in [0, 0.05) is 17.5 Å². The smallest absolute Gasteiger partial charge is 0.196 e. The van der Waals surface area contributed by atoms with Crippen LogP contribution in [0.25, 0.3) is 0 Å². The van der Waals surface area contributed by atoms with Gasteiger partial charge >= 0.3 is 0 Å². The molecule has 0 aliphatic carbocycles. The molecule has 0 aromatic heterocycles. The molecule has 19 heavy (non-hydrogen) atoms. The van der Waals surface area contributed by atoms with Gasteiger partial charge in [-0.25, -0.2) is 0 Å². The lowest BCUT2D eigenvalue weighted by atomic mass is 9.99. The van der Waals surface area contributed by atoms with Gasteiger partial charge in [0.15, 0.2) is 11.6 Å². The summed E-state index contributed by atoms with van der Waals surface area (Å²) in [6, 6.07) is 13.1. The van der Waals surface area contributed by atoms with E-state index in [9.17, 15) is 14.7 Å². The van der Waals surface area contributed by atoms with E-state index in [4.69, 9.17) is 0 Å². The molecule has 0 spiro atoms. The van der Waals surface area contributed by atoms with Crippen LogP contribution in [0, 0.1) is 0 Å². The predicted molar refractivity (Wildman–Crippen MR) is 72.6 cm³/mol. The normalized spacial score (nSPS) is 10.2. The third-order valence-electron chi connectivity index (χ3n) is 2.92. The number of Topliss-reactive ketones (excluding diaryl/α,β-unsaturated/α-hetero) is 1. The van der Waals surface area contributed by atoms with E-state index in [1.807, 2.05) is 6.07 Å². The maximum Gasteiger partial charge on any atom is 0.196 e. The summed E-state index contributed by atoms with van der Waals surface area (Å²) in [5.41, 5.74) is 1.14. The van der Waals surface area contributed by atoms with E-state index < -0.39 is 0 Å². The molecular formula is C16H14O3. The van der Waals surface area contributed by atoms with Crippen molar-refractivity contribution in [3.05, 3.63) is 65.2 Å². The first-order valence-electron chi connectivity index (χ1n) is 6.09. The summed E-state index contributed by atoms with van der Waals surface area (Å²) >= 11 is 0. The van der Waals surface area contributed by atoms with E-state index in [0.29, 0.717) is 17.5 Å². The molecule has 0 atom stereocenters. The van der Waals surface area contributed by atoms with Gasteiger partial charge in [0.1, 0.15) is 5.75 Å². The molecule has 0 radical (unpaired) electrons. The summed E-state index contributed by atoms with van der Waals surface area (Å²) in [4.78, 5) is 23.7. The number of carbonyl (C=O) groups excluding carboxylic acids is 2. The summed E-state index contributed by atoms with van der Waals surface area (Å²) in [7, 11) is 0. The SMILES string of the molecule is CCC(=O)c1ccc(C(=O)c2ccccc2)c(O)c1. The molecule has 0 saturated carbocycles. The van der Waals surface area contributed by atoms with Crippen molar-refractivity contribution in [2.45, 2.75) is 13.3 Å². The number of ketones is 2. The van der Waals surface area contributed by atoms with Gasteiger partial charge in [0.05, 0.1) is 5.56 Å². The zero-order valence-corrected chi connectivity index (χ0v) is 10.6. The lowest BCUT2D eigenvalue weighted by Crippen LogP contribution is -2.03. The molecule has 3 heteroatoms. The third kappa shape index (κ3) is 2.71. The highest BCUT2D eigenvalue weighted by Crippen LogP contribution is 2.22. The summed E-state index contributed by atoms with van der Waals surface area (Å²) in [5, 5.41) is 9.89. The number of hydrogen-bond acceptors (Lipinski definition) is 3. The fourth-order valence-electron chi connectivity index (χ4n) is 1.85. The average molecular weight is 254 g/mol. The number of phenolic OH excluding ortho intramolecular Hbond substituents is 1. The molecule has 96 valence electrons. The fraction of sp³-hybridized carbons (Fsp3) is 0.125. The second kappa shape index (κ2) is 5.48. The minimum absolute atomic E-state index is 0.0611. The second-order valence-electron chi connectivity index (χ2n) is 4.20. The van der Waals surface area contributed by atoms with E-state index in [2.05, 4.69) is 0 Å². The Balaban J connectivity index is 2.37. The lowest BCUT2D eigenvalue weighted by Gasteiger charge is -2.06. The van der Waals surface area contributed by atoms with E-state index in [-0.39, 0.29) is 22.9 Å². The first-order chi connectivity index (χ1) is 9.13. The van der Waals surface area contributed by atoms with E-state index in [1.165, 1.54) is 12.1 Å². The minimum atomic E-state index is -0.256. The highest BCUT2D eigenvalue weighted by molar-refractivity contribution is 6.11. The monoisotopic (exact) mass is 254 g/mol. The Labute approximate surface area is 111 Å². The number of rotatable bonds is 4. The Kier molecular flexibility index (Phi) is 3.76. The van der Waals surface area contributed by atoms with Gasteiger partial charge in [-0.15, -0.1) is 0 Å². The van der Waals surface area contributed by atoms with Crippen LogP contribution in [0.3, 0.4) is 0 Å². The molecule has 0 unspecified atom stereocenters. The van der Waals surface area contributed by atoms with Crippen LogP contribution in [0.5, 0.6) is 5.75 Å². The first-order valence-corrected chi connectivity index (χ1v) is 6.09. The molecule has 0 aliphatic rings. The molecule has 2 rings (SSSR count). The largest absolute Gasteiger partial charge is 0.507 e. The quantitative estimate of drug-likeness (QED) is 0.852. The molecule has 0 amide bonds. The summed E-state index contributed by atoms with van der Waals surface area (Å²) in [6.45, 7) is 1.75. The van der Waals surface area contributed by atoms with Gasteiger partial charge in [-0.3, -0.25) is 9.59 Å². The Bertz CT molecular complexity index is 615. The van der Waals surface area contributed by atoms with Crippen LogP contribution >= 0.6 is 0 Å². The standard InChI is InChI=1S/C16H14O3/c1-2-14(17)12-8-9-13(15(18)10-12)16(19)11-6-4-3-5-7-11/h3-10,18H,2H2,1H3. The summed E-state index contributed by atoms with van der Waals surface area (Å²) in [5.74, 6) is -0.476. The van der Waals surface area contributed by atoms with Crippen LogP contribution in [-0.4, -0.2) is 16.7 Å². The van der Waals surface area contributed by atoms with E-state index in [0.717, 1.165) is 0 Å². The number of benzene rings is 2. The summed E-state index contributed by atoms with van der Waals surface area (Å²) < 4.78 is 0. The lowest BCUT2D eigenvalue weighted by molar-refractivity contribution is 0.0984. The molecule has 0 heterocycles. The van der Waals surface area contributed by atoms with Crippen LogP contribution < -0.4 is 0 Å². The van der Waals surface area contributed by atoms with Crippen molar-refractivity contribution in [2.75, 3.05) is 0 Å². The Morgan fingerprint density at radius 1 is 1.00 bits per heavy atom. The van der Waals surface area contributed by atoms with Gasteiger partial charge in [0.25, 0.3) is 0 Å². The molecule has 1 N–H and O–H groups in total. The number of hydrogen-bond donors (Lipinski definition) is 1. The molecule has 0 saturated heterocycles. The van der Waals surface area contributed by atoms with Gasteiger partial charge in [-0.1, -0.05) is 43.3 Å². The van der Waals surface area contributed by atoms with Crippen molar-refractivity contribution in [3.63, 3.8) is 0 Å². The van der Waals surface area contributed by atoms with Crippen molar-refractivity contribution >= 4 is 11.6 Å². The van der Waals surface area contributed by atoms with Crippen LogP contribution in [0.1, 0.15) is 39.6 Å². The predicted octanol–water partition coefficient (Wildman–Crippen LogP) is 3.22. The van der Waals surface area contributed by atoms with Crippen molar-refractivity contribution < 1.29 is 14.7 Å². The second-order valence-corrected chi connectivity index (χ2v) is 4.20. The highest BCUT2D eigenvalue weighted by atomic mass is 16.3. The van der Waals surface area contributed by atoms with Crippen molar-refractivity contribution in [2.24, 2.45) is 0 Å². The molecule has 2 aromatic carbocycles. The van der Waals surface area contributed by atoms with Gasteiger partial charge in [-0.05, 0) is 12.1 Å². The Morgan fingerprint density at radius 3 is 2.26 bits per heavy atom. The van der Waals surface area contributed by atoms with Crippen LogP contribution in [0.2, 0.25) is 0 Å². The third-order valence-corrected chi connectivity index (χ3v) is 2.92. The maximum atomic E-state index is 12.2. The molecule has 0 aliphatic heterocycles. The molecule has 3 nitrogen and oxygen atoms in total. The van der Waals surface area contributed by atoms with E-state index in [1.54, 1.807) is 37.3 Å². The van der Waals surface area contributed by atoms with Gasteiger partial charge < -0.3 is 5.11 Å².